The number of aliphatic carboxylic acids is 1. The number of amides is 1. The van der Waals surface area contributed by atoms with Crippen LogP contribution in [0.2, 0.25) is 0 Å². The lowest BCUT2D eigenvalue weighted by atomic mass is 9.80. The topological polar surface area (TPSA) is 57.6 Å². The summed E-state index contributed by atoms with van der Waals surface area (Å²) in [5.41, 5.74) is 0. The molecule has 102 valence electrons. The van der Waals surface area contributed by atoms with Crippen molar-refractivity contribution in [2.75, 3.05) is 24.6 Å². The summed E-state index contributed by atoms with van der Waals surface area (Å²) in [5, 5.41) is 9.06. The van der Waals surface area contributed by atoms with E-state index in [0.29, 0.717) is 6.42 Å². The molecule has 0 aromatic heterocycles. The number of rotatable bonds is 2. The van der Waals surface area contributed by atoms with E-state index >= 15 is 0 Å². The molecule has 4 nitrogen and oxygen atoms in total. The Hall–Kier alpha value is -0.710. The van der Waals surface area contributed by atoms with Gasteiger partial charge in [0.2, 0.25) is 5.91 Å². The van der Waals surface area contributed by atoms with E-state index in [4.69, 9.17) is 5.11 Å². The Morgan fingerprint density at radius 1 is 1.06 bits per heavy atom. The SMILES string of the molecule is O=C(O)[C@H]1CCC[C@@H](C(=O)N2CCCSCC2)C1. The fraction of sp³-hybridized carbons (Fsp3) is 0.846. The molecule has 1 aliphatic carbocycles. The molecule has 2 rings (SSSR count). The number of carboxylic acids is 1. The number of thioether (sulfide) groups is 1. The highest BCUT2D eigenvalue weighted by Crippen LogP contribution is 2.31. The molecule has 1 aliphatic heterocycles. The Morgan fingerprint density at radius 3 is 2.61 bits per heavy atom. The summed E-state index contributed by atoms with van der Waals surface area (Å²) in [6.07, 6.45) is 4.07. The zero-order valence-electron chi connectivity index (χ0n) is 10.6. The van der Waals surface area contributed by atoms with Crippen molar-refractivity contribution in [2.45, 2.75) is 32.1 Å². The van der Waals surface area contributed by atoms with Crippen molar-refractivity contribution in [1.82, 2.24) is 4.90 Å². The van der Waals surface area contributed by atoms with E-state index < -0.39 is 5.97 Å². The lowest BCUT2D eigenvalue weighted by Crippen LogP contribution is -2.40. The number of hydrogen-bond acceptors (Lipinski definition) is 3. The third kappa shape index (κ3) is 3.40. The number of carboxylic acid groups (broad SMARTS) is 1. The number of carbonyl (C=O) groups excluding carboxylic acids is 1. The van der Waals surface area contributed by atoms with Gasteiger partial charge in [-0.2, -0.15) is 11.8 Å². The van der Waals surface area contributed by atoms with Crippen molar-refractivity contribution in [3.05, 3.63) is 0 Å². The molecule has 18 heavy (non-hydrogen) atoms. The maximum atomic E-state index is 12.4. The predicted molar refractivity (Wildman–Crippen MR) is 71.6 cm³/mol. The van der Waals surface area contributed by atoms with E-state index in [1.54, 1.807) is 0 Å². The van der Waals surface area contributed by atoms with Gasteiger partial charge in [-0.15, -0.1) is 0 Å². The second-order valence-electron chi connectivity index (χ2n) is 5.19. The molecule has 0 radical (unpaired) electrons. The molecule has 1 saturated heterocycles. The summed E-state index contributed by atoms with van der Waals surface area (Å²) in [6.45, 7) is 1.68. The van der Waals surface area contributed by atoms with Crippen LogP contribution in [0.15, 0.2) is 0 Å². The van der Waals surface area contributed by atoms with Crippen LogP contribution in [-0.4, -0.2) is 46.5 Å². The summed E-state index contributed by atoms with van der Waals surface area (Å²) in [6, 6.07) is 0. The molecule has 1 amide bonds. The first-order chi connectivity index (χ1) is 8.68. The minimum absolute atomic E-state index is 0.0528. The first-order valence-corrected chi connectivity index (χ1v) is 7.93. The first kappa shape index (κ1) is 13.7. The van der Waals surface area contributed by atoms with Gasteiger partial charge in [-0.05, 0) is 31.4 Å². The molecule has 2 atom stereocenters. The van der Waals surface area contributed by atoms with Crippen LogP contribution in [0.25, 0.3) is 0 Å². The third-order valence-electron chi connectivity index (χ3n) is 3.91. The summed E-state index contributed by atoms with van der Waals surface area (Å²) < 4.78 is 0. The first-order valence-electron chi connectivity index (χ1n) is 6.78. The van der Waals surface area contributed by atoms with Gasteiger partial charge in [0.05, 0.1) is 5.92 Å². The van der Waals surface area contributed by atoms with E-state index in [2.05, 4.69) is 0 Å². The van der Waals surface area contributed by atoms with Crippen LogP contribution in [0.1, 0.15) is 32.1 Å². The average Bonchev–Trinajstić information content (AvgIpc) is 2.67. The monoisotopic (exact) mass is 271 g/mol. The number of carbonyl (C=O) groups is 2. The van der Waals surface area contributed by atoms with E-state index in [-0.39, 0.29) is 17.7 Å². The highest BCUT2D eigenvalue weighted by atomic mass is 32.2. The fourth-order valence-corrected chi connectivity index (χ4v) is 3.75. The Labute approximate surface area is 112 Å². The van der Waals surface area contributed by atoms with Gasteiger partial charge in [0, 0.05) is 24.8 Å². The van der Waals surface area contributed by atoms with Gasteiger partial charge in [0.1, 0.15) is 0 Å². The smallest absolute Gasteiger partial charge is 0.306 e. The fourth-order valence-electron chi connectivity index (χ4n) is 2.86. The van der Waals surface area contributed by atoms with Crippen LogP contribution in [0.4, 0.5) is 0 Å². The van der Waals surface area contributed by atoms with Gasteiger partial charge in [0.15, 0.2) is 0 Å². The highest BCUT2D eigenvalue weighted by molar-refractivity contribution is 7.99. The van der Waals surface area contributed by atoms with Gasteiger partial charge < -0.3 is 10.0 Å². The van der Waals surface area contributed by atoms with Crippen molar-refractivity contribution in [1.29, 1.82) is 0 Å². The summed E-state index contributed by atoms with van der Waals surface area (Å²) in [7, 11) is 0. The van der Waals surface area contributed by atoms with Crippen LogP contribution in [0.3, 0.4) is 0 Å². The molecule has 1 saturated carbocycles. The lowest BCUT2D eigenvalue weighted by Gasteiger charge is -2.30. The molecular formula is C13H21NO3S. The van der Waals surface area contributed by atoms with E-state index in [1.807, 2.05) is 16.7 Å². The van der Waals surface area contributed by atoms with Gasteiger partial charge >= 0.3 is 5.97 Å². The molecule has 1 heterocycles. The van der Waals surface area contributed by atoms with Crippen molar-refractivity contribution < 1.29 is 14.7 Å². The molecule has 0 spiro atoms. The van der Waals surface area contributed by atoms with Gasteiger partial charge in [-0.3, -0.25) is 9.59 Å². The Balaban J connectivity index is 1.92. The molecule has 2 aliphatic rings. The maximum Gasteiger partial charge on any atom is 0.306 e. The molecule has 5 heteroatoms. The standard InChI is InChI=1S/C13H21NO3S/c15-12(14-5-2-7-18-8-6-14)10-3-1-4-11(9-10)13(16)17/h10-11H,1-9H2,(H,16,17)/t10-,11+/m1/s1. The Kier molecular flexibility index (Phi) is 4.92. The minimum atomic E-state index is -0.737. The summed E-state index contributed by atoms with van der Waals surface area (Å²) in [4.78, 5) is 25.4. The number of hydrogen-bond donors (Lipinski definition) is 1. The van der Waals surface area contributed by atoms with Crippen molar-refractivity contribution in [3.8, 4) is 0 Å². The molecule has 0 bridgehead atoms. The zero-order valence-corrected chi connectivity index (χ0v) is 11.5. The molecule has 2 fully saturated rings. The van der Waals surface area contributed by atoms with Crippen LogP contribution in [0.5, 0.6) is 0 Å². The second-order valence-corrected chi connectivity index (χ2v) is 6.41. The van der Waals surface area contributed by atoms with Crippen molar-refractivity contribution in [2.24, 2.45) is 11.8 Å². The Morgan fingerprint density at radius 2 is 1.83 bits per heavy atom. The van der Waals surface area contributed by atoms with Gasteiger partial charge in [-0.25, -0.2) is 0 Å². The summed E-state index contributed by atoms with van der Waals surface area (Å²) in [5.74, 6) is 1.24. The van der Waals surface area contributed by atoms with Crippen LogP contribution in [-0.2, 0) is 9.59 Å². The van der Waals surface area contributed by atoms with Crippen molar-refractivity contribution >= 4 is 23.6 Å². The van der Waals surface area contributed by atoms with Crippen LogP contribution < -0.4 is 0 Å². The van der Waals surface area contributed by atoms with Crippen LogP contribution >= 0.6 is 11.8 Å². The normalized spacial score (nSPS) is 29.7. The zero-order chi connectivity index (χ0) is 13.0. The second kappa shape index (κ2) is 6.45. The molecule has 0 aromatic carbocycles. The number of nitrogens with zero attached hydrogens (tertiary/aromatic N) is 1. The van der Waals surface area contributed by atoms with Gasteiger partial charge in [0.25, 0.3) is 0 Å². The largest absolute Gasteiger partial charge is 0.481 e. The lowest BCUT2D eigenvalue weighted by molar-refractivity contribution is -0.145. The predicted octanol–water partition coefficient (Wildman–Crippen LogP) is 1.84. The molecule has 0 unspecified atom stereocenters. The third-order valence-corrected chi connectivity index (χ3v) is 4.96. The average molecular weight is 271 g/mol. The van der Waals surface area contributed by atoms with Gasteiger partial charge in [-0.1, -0.05) is 6.42 Å². The molecule has 0 aromatic rings. The van der Waals surface area contributed by atoms with Crippen molar-refractivity contribution in [3.63, 3.8) is 0 Å². The highest BCUT2D eigenvalue weighted by Gasteiger charge is 2.33. The van der Waals surface area contributed by atoms with E-state index in [1.165, 1.54) is 0 Å². The van der Waals surface area contributed by atoms with E-state index in [0.717, 1.165) is 50.3 Å². The minimum Gasteiger partial charge on any atom is -0.481 e. The summed E-state index contributed by atoms with van der Waals surface area (Å²) >= 11 is 1.90. The molecule has 1 N–H and O–H groups in total. The maximum absolute atomic E-state index is 12.4. The molecular weight excluding hydrogens is 250 g/mol. The van der Waals surface area contributed by atoms with Crippen LogP contribution in [0, 0.1) is 11.8 Å². The Bertz CT molecular complexity index is 313. The quantitative estimate of drug-likeness (QED) is 0.832. The van der Waals surface area contributed by atoms with E-state index in [9.17, 15) is 9.59 Å².